The van der Waals surface area contributed by atoms with Crippen molar-refractivity contribution in [3.05, 3.63) is 70.4 Å². The van der Waals surface area contributed by atoms with Gasteiger partial charge in [-0.1, -0.05) is 43.1 Å². The van der Waals surface area contributed by atoms with Crippen LogP contribution >= 0.6 is 11.6 Å². The Hall–Kier alpha value is -3.25. The Morgan fingerprint density at radius 3 is 2.64 bits per heavy atom. The fourth-order valence-electron chi connectivity index (χ4n) is 4.43. The molecule has 0 spiro atoms. The van der Waals surface area contributed by atoms with E-state index in [-0.39, 0.29) is 11.3 Å². The zero-order chi connectivity index (χ0) is 23.7. The van der Waals surface area contributed by atoms with Gasteiger partial charge in [-0.2, -0.15) is 0 Å². The predicted molar refractivity (Wildman–Crippen MR) is 129 cm³/mol. The first-order valence-electron chi connectivity index (χ1n) is 11.1. The number of carbonyl (C=O) groups excluding carboxylic acids is 2. The van der Waals surface area contributed by atoms with E-state index in [0.29, 0.717) is 29.5 Å². The van der Waals surface area contributed by atoms with Crippen LogP contribution in [0.5, 0.6) is 5.75 Å². The summed E-state index contributed by atoms with van der Waals surface area (Å²) in [7, 11) is 1.93. The number of aliphatic hydroxyl groups is 1. The molecule has 1 aliphatic heterocycles. The van der Waals surface area contributed by atoms with Crippen LogP contribution in [0, 0.1) is 0 Å². The topological polar surface area (TPSA) is 71.8 Å². The number of Topliss-reactive ketones (excluding diaryl/α,β-unsaturated/α-hetero) is 1. The second kappa shape index (κ2) is 9.32. The maximum Gasteiger partial charge on any atom is 0.295 e. The molecule has 1 aromatic heterocycles. The molecular formula is C26H27ClN2O4. The van der Waals surface area contributed by atoms with Crippen LogP contribution in [0.25, 0.3) is 16.7 Å². The molecule has 0 radical (unpaired) electrons. The fourth-order valence-corrected chi connectivity index (χ4v) is 4.60. The minimum absolute atomic E-state index is 0.0808. The molecule has 172 valence electrons. The molecule has 6 nitrogen and oxygen atoms in total. The number of para-hydroxylation sites is 1. The van der Waals surface area contributed by atoms with Crippen molar-refractivity contribution < 1.29 is 19.4 Å². The summed E-state index contributed by atoms with van der Waals surface area (Å²) >= 11 is 6.21. The molecule has 3 aromatic rings. The van der Waals surface area contributed by atoms with Gasteiger partial charge < -0.3 is 19.3 Å². The standard InChI is InChI=1S/C26H27ClN2O4/c1-4-6-13-29-23(18-15-28(3)20-10-8-7-9-17(18)20)22(25(31)26(29)32)24(30)16-11-12-19(27)21(14-16)33-5-2/h7-12,14-15,23,30H,4-6,13H2,1-3H3/b24-22+. The number of unbranched alkanes of at least 4 members (excludes halogenated alkanes) is 1. The number of ether oxygens (including phenoxy) is 1. The van der Waals surface area contributed by atoms with E-state index in [1.165, 1.54) is 0 Å². The number of nitrogens with zero attached hydrogens (tertiary/aromatic N) is 2. The van der Waals surface area contributed by atoms with E-state index in [4.69, 9.17) is 16.3 Å². The minimum Gasteiger partial charge on any atom is -0.507 e. The molecule has 0 bridgehead atoms. The summed E-state index contributed by atoms with van der Waals surface area (Å²) in [5.41, 5.74) is 2.25. The van der Waals surface area contributed by atoms with Crippen molar-refractivity contribution in [3.8, 4) is 5.75 Å². The highest BCUT2D eigenvalue weighted by atomic mass is 35.5. The zero-order valence-electron chi connectivity index (χ0n) is 19.0. The lowest BCUT2D eigenvalue weighted by Crippen LogP contribution is -2.30. The lowest BCUT2D eigenvalue weighted by Gasteiger charge is -2.24. The van der Waals surface area contributed by atoms with Crippen LogP contribution < -0.4 is 4.74 Å². The van der Waals surface area contributed by atoms with E-state index in [9.17, 15) is 14.7 Å². The molecular weight excluding hydrogens is 440 g/mol. The van der Waals surface area contributed by atoms with Gasteiger partial charge in [-0.3, -0.25) is 9.59 Å². The average Bonchev–Trinajstić information content (AvgIpc) is 3.27. The van der Waals surface area contributed by atoms with Gasteiger partial charge in [0.05, 0.1) is 23.2 Å². The van der Waals surface area contributed by atoms with Gasteiger partial charge >= 0.3 is 0 Å². The number of aryl methyl sites for hydroxylation is 1. The lowest BCUT2D eigenvalue weighted by atomic mass is 9.95. The number of benzene rings is 2. The van der Waals surface area contributed by atoms with Crippen LogP contribution in [-0.4, -0.2) is 39.4 Å². The van der Waals surface area contributed by atoms with Gasteiger partial charge in [0.25, 0.3) is 11.7 Å². The molecule has 1 saturated heterocycles. The normalized spacial score (nSPS) is 17.8. The highest BCUT2D eigenvalue weighted by molar-refractivity contribution is 6.46. The summed E-state index contributed by atoms with van der Waals surface area (Å²) in [5, 5.41) is 12.7. The number of rotatable bonds is 7. The summed E-state index contributed by atoms with van der Waals surface area (Å²) in [5.74, 6) is -1.11. The molecule has 0 saturated carbocycles. The molecule has 4 rings (SSSR count). The Kier molecular flexibility index (Phi) is 6.47. The molecule has 1 atom stereocenters. The Bertz CT molecular complexity index is 1260. The third-order valence-electron chi connectivity index (χ3n) is 6.02. The Morgan fingerprint density at radius 1 is 1.15 bits per heavy atom. The molecule has 1 unspecified atom stereocenters. The van der Waals surface area contributed by atoms with Crippen LogP contribution in [0.4, 0.5) is 0 Å². The first-order chi connectivity index (χ1) is 15.9. The molecule has 33 heavy (non-hydrogen) atoms. The monoisotopic (exact) mass is 466 g/mol. The van der Waals surface area contributed by atoms with Gasteiger partial charge in [0.15, 0.2) is 0 Å². The number of carbonyl (C=O) groups is 2. The summed E-state index contributed by atoms with van der Waals surface area (Å²) in [6.45, 7) is 4.70. The molecule has 2 aromatic carbocycles. The van der Waals surface area contributed by atoms with Crippen LogP contribution in [-0.2, 0) is 16.6 Å². The van der Waals surface area contributed by atoms with Gasteiger partial charge in [-0.15, -0.1) is 0 Å². The van der Waals surface area contributed by atoms with Crippen LogP contribution in [0.1, 0.15) is 43.9 Å². The van der Waals surface area contributed by atoms with Crippen molar-refractivity contribution in [3.63, 3.8) is 0 Å². The van der Waals surface area contributed by atoms with Crippen molar-refractivity contribution in [2.45, 2.75) is 32.7 Å². The number of aromatic nitrogens is 1. The van der Waals surface area contributed by atoms with Gasteiger partial charge in [0.2, 0.25) is 0 Å². The predicted octanol–water partition coefficient (Wildman–Crippen LogP) is 5.45. The van der Waals surface area contributed by atoms with Gasteiger partial charge in [-0.05, 0) is 37.6 Å². The van der Waals surface area contributed by atoms with Gasteiger partial charge in [0, 0.05) is 41.8 Å². The molecule has 1 fully saturated rings. The second-order valence-corrected chi connectivity index (χ2v) is 8.54. The Balaban J connectivity index is 1.94. The average molecular weight is 467 g/mol. The largest absolute Gasteiger partial charge is 0.507 e. The van der Waals surface area contributed by atoms with Gasteiger partial charge in [-0.25, -0.2) is 0 Å². The SMILES string of the molecule is CCCCN1C(=O)C(=O)/C(=C(/O)c2ccc(Cl)c(OCC)c2)C1c1cn(C)c2ccccc12. The number of ketones is 1. The Morgan fingerprint density at radius 2 is 1.91 bits per heavy atom. The smallest absolute Gasteiger partial charge is 0.295 e. The van der Waals surface area contributed by atoms with Gasteiger partial charge in [0.1, 0.15) is 11.5 Å². The van der Waals surface area contributed by atoms with E-state index >= 15 is 0 Å². The van der Waals surface area contributed by atoms with Crippen LogP contribution in [0.2, 0.25) is 5.02 Å². The quantitative estimate of drug-likeness (QED) is 0.285. The number of likely N-dealkylation sites (tertiary alicyclic amines) is 1. The Labute approximate surface area is 198 Å². The van der Waals surface area contributed by atoms with Crippen molar-refractivity contribution in [2.75, 3.05) is 13.2 Å². The molecule has 0 aliphatic carbocycles. The summed E-state index contributed by atoms with van der Waals surface area (Å²) < 4.78 is 7.53. The summed E-state index contributed by atoms with van der Waals surface area (Å²) in [6.07, 6.45) is 3.56. The van der Waals surface area contributed by atoms with E-state index in [1.807, 2.05) is 55.9 Å². The third kappa shape index (κ3) is 4.00. The lowest BCUT2D eigenvalue weighted by molar-refractivity contribution is -0.139. The fraction of sp³-hybridized carbons (Fsp3) is 0.308. The number of hydrogen-bond donors (Lipinski definition) is 1. The zero-order valence-corrected chi connectivity index (χ0v) is 19.7. The first kappa shape index (κ1) is 22.9. The molecule has 7 heteroatoms. The molecule has 1 amide bonds. The van der Waals surface area contributed by atoms with Crippen molar-refractivity contribution in [2.24, 2.45) is 7.05 Å². The number of amides is 1. The van der Waals surface area contributed by atoms with E-state index in [0.717, 1.165) is 29.3 Å². The molecule has 1 N–H and O–H groups in total. The third-order valence-corrected chi connectivity index (χ3v) is 6.33. The first-order valence-corrected chi connectivity index (χ1v) is 11.5. The molecule has 1 aliphatic rings. The number of halogens is 1. The number of fused-ring (bicyclic) bond motifs is 1. The maximum absolute atomic E-state index is 13.2. The maximum atomic E-state index is 13.2. The second-order valence-electron chi connectivity index (χ2n) is 8.14. The van der Waals surface area contributed by atoms with Crippen molar-refractivity contribution in [1.82, 2.24) is 9.47 Å². The summed E-state index contributed by atoms with van der Waals surface area (Å²) in [4.78, 5) is 27.9. The number of hydrogen-bond acceptors (Lipinski definition) is 4. The van der Waals surface area contributed by atoms with E-state index in [2.05, 4.69) is 0 Å². The molecule has 2 heterocycles. The van der Waals surface area contributed by atoms with E-state index < -0.39 is 17.7 Å². The highest BCUT2D eigenvalue weighted by Gasteiger charge is 2.46. The number of aliphatic hydroxyl groups excluding tert-OH is 1. The highest BCUT2D eigenvalue weighted by Crippen LogP contribution is 2.43. The van der Waals surface area contributed by atoms with Crippen molar-refractivity contribution >= 4 is 40.0 Å². The van der Waals surface area contributed by atoms with Crippen molar-refractivity contribution in [1.29, 1.82) is 0 Å². The minimum atomic E-state index is -0.686. The van der Waals surface area contributed by atoms with E-state index in [1.54, 1.807) is 23.1 Å². The van der Waals surface area contributed by atoms with Crippen LogP contribution in [0.3, 0.4) is 0 Å². The van der Waals surface area contributed by atoms with Crippen LogP contribution in [0.15, 0.2) is 54.2 Å². The summed E-state index contributed by atoms with van der Waals surface area (Å²) in [6, 6.07) is 12.0.